The van der Waals surface area contributed by atoms with Gasteiger partial charge in [0.1, 0.15) is 11.4 Å². The van der Waals surface area contributed by atoms with E-state index in [0.717, 1.165) is 68.6 Å². The zero-order chi connectivity index (χ0) is 29.7. The number of piperidine rings is 1. The molecule has 1 aliphatic heterocycles. The van der Waals surface area contributed by atoms with Crippen LogP contribution >= 0.6 is 22.7 Å². The lowest BCUT2D eigenvalue weighted by Crippen LogP contribution is -2.41. The number of carbonyl (C=O) groups excluding carboxylic acids is 1. The van der Waals surface area contributed by atoms with E-state index in [1.807, 2.05) is 4.90 Å². The van der Waals surface area contributed by atoms with Gasteiger partial charge in [0.15, 0.2) is 0 Å². The zero-order valence-electron chi connectivity index (χ0n) is 24.2. The maximum atomic E-state index is 13.7. The van der Waals surface area contributed by atoms with Crippen molar-refractivity contribution >= 4 is 55.7 Å². The highest BCUT2D eigenvalue weighted by Gasteiger charge is 2.31. The molecule has 1 amide bonds. The smallest absolute Gasteiger partial charge is 0.345 e. The quantitative estimate of drug-likeness (QED) is 0.205. The van der Waals surface area contributed by atoms with Crippen molar-refractivity contribution in [1.82, 2.24) is 14.5 Å². The summed E-state index contributed by atoms with van der Waals surface area (Å²) in [5, 5.41) is 23.1. The van der Waals surface area contributed by atoms with Crippen LogP contribution in [0.3, 0.4) is 0 Å². The van der Waals surface area contributed by atoms with Gasteiger partial charge < -0.3 is 19.7 Å². The van der Waals surface area contributed by atoms with Crippen molar-refractivity contribution in [3.63, 3.8) is 0 Å². The summed E-state index contributed by atoms with van der Waals surface area (Å²) in [5.41, 5.74) is 7.17. The molecule has 9 heteroatoms. The number of amides is 1. The Balaban J connectivity index is 1.37. The molecule has 222 valence electrons. The third-order valence-electron chi connectivity index (χ3n) is 9.05. The molecule has 1 saturated heterocycles. The van der Waals surface area contributed by atoms with Crippen LogP contribution in [0, 0.1) is 6.92 Å². The van der Waals surface area contributed by atoms with Crippen LogP contribution in [0.2, 0.25) is 0 Å². The molecule has 43 heavy (non-hydrogen) atoms. The Morgan fingerprint density at radius 3 is 2.51 bits per heavy atom. The highest BCUT2D eigenvalue weighted by Crippen LogP contribution is 2.47. The molecule has 5 heterocycles. The average molecular weight is 614 g/mol. The van der Waals surface area contributed by atoms with Gasteiger partial charge in [0, 0.05) is 18.5 Å². The number of hydrogen-bond donors (Lipinski definition) is 2. The van der Waals surface area contributed by atoms with Gasteiger partial charge >= 0.3 is 5.97 Å². The molecule has 5 aromatic rings. The fourth-order valence-corrected chi connectivity index (χ4v) is 8.82. The molecular weight excluding hydrogens is 579 g/mol. The molecular formula is C34H35N3O4S2. The van der Waals surface area contributed by atoms with E-state index < -0.39 is 5.97 Å². The molecule has 0 unspecified atom stereocenters. The molecule has 2 aliphatic rings. The molecule has 2 fully saturated rings. The number of aryl methyl sites for hydroxylation is 1. The number of likely N-dealkylation sites (tertiary alicyclic amines) is 1. The Kier molecular flexibility index (Phi) is 7.57. The SMILES string of the molecule is Cc1csc(-c2ccc3cc(-c4c(C5CCCCC5)c5sc(C(=O)O)cc5n4CC(=O)N4CCC(O)CC4)ccc3n2)c1. The first-order valence-electron chi connectivity index (χ1n) is 15.2. The van der Waals surface area contributed by atoms with E-state index in [1.165, 1.54) is 28.9 Å². The van der Waals surface area contributed by atoms with Crippen molar-refractivity contribution in [2.24, 2.45) is 0 Å². The van der Waals surface area contributed by atoms with Crippen molar-refractivity contribution in [1.29, 1.82) is 0 Å². The van der Waals surface area contributed by atoms with Gasteiger partial charge in [0.05, 0.1) is 38.1 Å². The molecule has 7 nitrogen and oxygen atoms in total. The van der Waals surface area contributed by atoms with Crippen LogP contribution in [0.1, 0.15) is 71.7 Å². The highest BCUT2D eigenvalue weighted by molar-refractivity contribution is 7.21. The van der Waals surface area contributed by atoms with Gasteiger partial charge in [-0.05, 0) is 90.9 Å². The van der Waals surface area contributed by atoms with Gasteiger partial charge in [-0.15, -0.1) is 22.7 Å². The van der Waals surface area contributed by atoms with Gasteiger partial charge in [-0.25, -0.2) is 9.78 Å². The molecule has 1 saturated carbocycles. The van der Waals surface area contributed by atoms with Crippen molar-refractivity contribution in [3.8, 4) is 21.8 Å². The lowest BCUT2D eigenvalue weighted by Gasteiger charge is -2.30. The molecule has 1 aliphatic carbocycles. The number of carboxylic acid groups (broad SMARTS) is 1. The second-order valence-electron chi connectivity index (χ2n) is 12.0. The van der Waals surface area contributed by atoms with E-state index in [9.17, 15) is 19.8 Å². The maximum absolute atomic E-state index is 13.7. The molecule has 4 aromatic heterocycles. The minimum Gasteiger partial charge on any atom is -0.477 e. The largest absolute Gasteiger partial charge is 0.477 e. The van der Waals surface area contributed by atoms with Crippen LogP contribution in [-0.4, -0.2) is 55.7 Å². The van der Waals surface area contributed by atoms with Crippen molar-refractivity contribution in [2.45, 2.75) is 70.4 Å². The number of rotatable bonds is 6. The second-order valence-corrected chi connectivity index (χ2v) is 14.0. The van der Waals surface area contributed by atoms with Crippen LogP contribution in [-0.2, 0) is 11.3 Å². The predicted octanol–water partition coefficient (Wildman–Crippen LogP) is 7.68. The van der Waals surface area contributed by atoms with Crippen LogP contribution in [0.5, 0.6) is 0 Å². The van der Waals surface area contributed by atoms with Crippen molar-refractivity contribution in [2.75, 3.05) is 13.1 Å². The third kappa shape index (κ3) is 5.39. The Labute approximate surface area is 258 Å². The summed E-state index contributed by atoms with van der Waals surface area (Å²) in [7, 11) is 0. The second kappa shape index (κ2) is 11.5. The lowest BCUT2D eigenvalue weighted by molar-refractivity contribution is -0.133. The van der Waals surface area contributed by atoms with Gasteiger partial charge in [0.2, 0.25) is 5.91 Å². The van der Waals surface area contributed by atoms with Crippen molar-refractivity contribution in [3.05, 3.63) is 63.8 Å². The molecule has 1 aromatic carbocycles. The van der Waals surface area contributed by atoms with Crippen LogP contribution in [0.15, 0.2) is 47.8 Å². The molecule has 0 bridgehead atoms. The number of aromatic carboxylic acids is 1. The summed E-state index contributed by atoms with van der Waals surface area (Å²) in [6, 6.07) is 14.5. The number of hydrogen-bond acceptors (Lipinski definition) is 6. The third-order valence-corrected chi connectivity index (χ3v) is 11.3. The monoisotopic (exact) mass is 613 g/mol. The van der Waals surface area contributed by atoms with Gasteiger partial charge in [0.25, 0.3) is 0 Å². The van der Waals surface area contributed by atoms with Gasteiger partial charge in [-0.2, -0.15) is 0 Å². The molecule has 2 N–H and O–H groups in total. The average Bonchev–Trinajstić information content (AvgIpc) is 3.72. The summed E-state index contributed by atoms with van der Waals surface area (Å²) in [6.45, 7) is 3.30. The molecule has 0 atom stereocenters. The van der Waals surface area contributed by atoms with E-state index in [-0.39, 0.29) is 18.6 Å². The van der Waals surface area contributed by atoms with E-state index in [4.69, 9.17) is 4.98 Å². The summed E-state index contributed by atoms with van der Waals surface area (Å²) in [4.78, 5) is 34.1. The van der Waals surface area contributed by atoms with E-state index in [0.29, 0.717) is 36.7 Å². The number of carbonyl (C=O) groups is 2. The number of aromatic nitrogens is 2. The van der Waals surface area contributed by atoms with Crippen LogP contribution < -0.4 is 0 Å². The predicted molar refractivity (Wildman–Crippen MR) is 173 cm³/mol. The Morgan fingerprint density at radius 1 is 1.00 bits per heavy atom. The lowest BCUT2D eigenvalue weighted by atomic mass is 9.83. The number of thiophene rings is 2. The number of fused-ring (bicyclic) bond motifs is 2. The number of aliphatic hydroxyl groups excluding tert-OH is 1. The summed E-state index contributed by atoms with van der Waals surface area (Å²) >= 11 is 3.03. The first kappa shape index (κ1) is 28.3. The van der Waals surface area contributed by atoms with Crippen molar-refractivity contribution < 1.29 is 19.8 Å². The van der Waals surface area contributed by atoms with E-state index in [2.05, 4.69) is 53.3 Å². The molecule has 0 spiro atoms. The minimum absolute atomic E-state index is 0.00154. The number of pyridine rings is 1. The highest BCUT2D eigenvalue weighted by atomic mass is 32.1. The first-order chi connectivity index (χ1) is 20.9. The topological polar surface area (TPSA) is 95.7 Å². The Morgan fingerprint density at radius 2 is 1.79 bits per heavy atom. The van der Waals surface area contributed by atoms with Gasteiger partial charge in [-0.1, -0.05) is 31.4 Å². The standard InChI is InChI=1S/C34H35N3O4S2/c1-20-15-28(42-19-20)26-10-7-22-16-23(8-9-25(22)35-26)32-31(21-5-3-2-4-6-21)33-27(17-29(43-33)34(40)41)37(32)18-30(39)36-13-11-24(38)12-14-36/h7-10,15-17,19,21,24,38H,2-6,11-14,18H2,1H3,(H,40,41). The number of carboxylic acids is 1. The van der Waals surface area contributed by atoms with E-state index in [1.54, 1.807) is 17.4 Å². The number of aliphatic hydroxyl groups is 1. The number of benzene rings is 1. The Hall–Kier alpha value is -3.53. The molecule has 7 rings (SSSR count). The Bertz CT molecular complexity index is 1840. The summed E-state index contributed by atoms with van der Waals surface area (Å²) < 4.78 is 3.07. The normalized spacial score (nSPS) is 16.8. The minimum atomic E-state index is -0.936. The van der Waals surface area contributed by atoms with Crippen LogP contribution in [0.25, 0.3) is 42.9 Å². The van der Waals surface area contributed by atoms with E-state index >= 15 is 0 Å². The fourth-order valence-electron chi connectivity index (χ4n) is 6.83. The number of nitrogens with zero attached hydrogens (tertiary/aromatic N) is 3. The van der Waals surface area contributed by atoms with Gasteiger partial charge in [-0.3, -0.25) is 4.79 Å². The zero-order valence-corrected chi connectivity index (χ0v) is 25.8. The molecule has 0 radical (unpaired) electrons. The summed E-state index contributed by atoms with van der Waals surface area (Å²) in [5.74, 6) is -0.623. The first-order valence-corrected chi connectivity index (χ1v) is 16.9. The van der Waals surface area contributed by atoms with Crippen LogP contribution in [0.4, 0.5) is 0 Å². The summed E-state index contributed by atoms with van der Waals surface area (Å²) in [6.07, 6.45) is 6.44. The maximum Gasteiger partial charge on any atom is 0.345 e. The fraction of sp³-hybridized carbons (Fsp3) is 0.382.